The normalized spacial score (nSPS) is 13.3. The van der Waals surface area contributed by atoms with Crippen LogP contribution in [0.3, 0.4) is 0 Å². The number of carbonyl (C=O) groups excluding carboxylic acids is 1. The number of aromatic nitrogens is 2. The molecule has 1 atom stereocenters. The third-order valence-corrected chi connectivity index (χ3v) is 3.10. The Morgan fingerprint density at radius 1 is 1.43 bits per heavy atom. The highest BCUT2D eigenvalue weighted by Gasteiger charge is 2.21. The maximum atomic E-state index is 11.8. The van der Waals surface area contributed by atoms with Crippen molar-refractivity contribution in [2.24, 2.45) is 0 Å². The molecular formula is C13H24N4O3S. The number of aliphatic hydroxyl groups is 1. The van der Waals surface area contributed by atoms with Crippen LogP contribution in [0, 0.1) is 0 Å². The lowest BCUT2D eigenvalue weighted by Gasteiger charge is -2.27. The minimum absolute atomic E-state index is 0.217. The smallest absolute Gasteiger partial charge is 0.410 e. The first kappa shape index (κ1) is 17.8. The van der Waals surface area contributed by atoms with Gasteiger partial charge in [0.05, 0.1) is 18.3 Å². The van der Waals surface area contributed by atoms with Crippen molar-refractivity contribution in [2.75, 3.05) is 27.2 Å². The summed E-state index contributed by atoms with van der Waals surface area (Å²) in [5, 5.41) is 15.9. The highest BCUT2D eigenvalue weighted by atomic mass is 32.1. The number of hydrogen-bond acceptors (Lipinski definition) is 7. The van der Waals surface area contributed by atoms with E-state index < -0.39 is 17.8 Å². The van der Waals surface area contributed by atoms with Crippen molar-refractivity contribution in [1.29, 1.82) is 0 Å². The van der Waals surface area contributed by atoms with Gasteiger partial charge in [0.25, 0.3) is 0 Å². The van der Waals surface area contributed by atoms with Gasteiger partial charge < -0.3 is 14.7 Å². The van der Waals surface area contributed by atoms with Crippen LogP contribution in [0.1, 0.15) is 26.5 Å². The average Bonchev–Trinajstić information content (AvgIpc) is 2.78. The molecule has 0 spiro atoms. The van der Waals surface area contributed by atoms with E-state index in [1.807, 2.05) is 38.1 Å². The van der Waals surface area contributed by atoms with Gasteiger partial charge in [-0.05, 0) is 39.4 Å². The van der Waals surface area contributed by atoms with Crippen molar-refractivity contribution in [3.05, 3.63) is 11.1 Å². The van der Waals surface area contributed by atoms with Crippen molar-refractivity contribution in [3.8, 4) is 0 Å². The predicted molar refractivity (Wildman–Crippen MR) is 81.1 cm³/mol. The lowest BCUT2D eigenvalue weighted by atomic mass is 10.2. The van der Waals surface area contributed by atoms with Gasteiger partial charge in [0, 0.05) is 25.5 Å². The number of aliphatic hydroxyl groups excluding tert-OH is 1. The summed E-state index contributed by atoms with van der Waals surface area (Å²) < 4.78 is 9.03. The summed E-state index contributed by atoms with van der Waals surface area (Å²) in [6, 6.07) is 0. The summed E-state index contributed by atoms with van der Waals surface area (Å²) in [6.45, 7) is 6.70. The molecule has 0 aromatic carbocycles. The first-order valence-electron chi connectivity index (χ1n) is 6.74. The molecule has 0 bridgehead atoms. The molecule has 1 amide bonds. The fourth-order valence-corrected chi connectivity index (χ4v) is 2.18. The number of amides is 1. The molecule has 1 aromatic heterocycles. The van der Waals surface area contributed by atoms with Crippen molar-refractivity contribution in [2.45, 2.75) is 39.0 Å². The molecule has 0 radical (unpaired) electrons. The van der Waals surface area contributed by atoms with Crippen LogP contribution in [-0.2, 0) is 11.3 Å². The SMILES string of the molecule is CN(Cc1csnn1)CC(O)CN(C)C(=O)OC(C)(C)C. The van der Waals surface area contributed by atoms with Gasteiger partial charge in [-0.3, -0.25) is 4.90 Å². The molecule has 0 aliphatic heterocycles. The van der Waals surface area contributed by atoms with E-state index >= 15 is 0 Å². The van der Waals surface area contributed by atoms with Crippen molar-refractivity contribution in [1.82, 2.24) is 19.4 Å². The van der Waals surface area contributed by atoms with Gasteiger partial charge in [0.1, 0.15) is 5.60 Å². The molecule has 21 heavy (non-hydrogen) atoms. The first-order valence-corrected chi connectivity index (χ1v) is 7.57. The summed E-state index contributed by atoms with van der Waals surface area (Å²) >= 11 is 1.30. The topological polar surface area (TPSA) is 78.8 Å². The van der Waals surface area contributed by atoms with E-state index in [2.05, 4.69) is 9.59 Å². The van der Waals surface area contributed by atoms with Gasteiger partial charge >= 0.3 is 6.09 Å². The van der Waals surface area contributed by atoms with Crippen molar-refractivity contribution < 1.29 is 14.6 Å². The molecule has 1 unspecified atom stereocenters. The van der Waals surface area contributed by atoms with Crippen LogP contribution in [0.2, 0.25) is 0 Å². The van der Waals surface area contributed by atoms with Gasteiger partial charge in [-0.15, -0.1) is 5.10 Å². The third kappa shape index (κ3) is 7.35. The second kappa shape index (κ2) is 7.67. The Morgan fingerprint density at radius 2 is 2.10 bits per heavy atom. The number of hydrogen-bond donors (Lipinski definition) is 1. The number of carbonyl (C=O) groups is 1. The second-order valence-electron chi connectivity index (χ2n) is 6.11. The van der Waals surface area contributed by atoms with Crippen LogP contribution < -0.4 is 0 Å². The minimum Gasteiger partial charge on any atom is -0.444 e. The summed E-state index contributed by atoms with van der Waals surface area (Å²) in [7, 11) is 3.50. The molecule has 0 aliphatic rings. The standard InChI is InChI=1S/C13H24N4O3S/c1-13(2,3)20-12(19)17(5)8-11(18)7-16(4)6-10-9-21-15-14-10/h9,11,18H,6-8H2,1-5H3. The van der Waals surface area contributed by atoms with Gasteiger partial charge in [0.15, 0.2) is 0 Å². The van der Waals surface area contributed by atoms with E-state index in [1.165, 1.54) is 16.4 Å². The molecule has 0 saturated carbocycles. The molecule has 1 aromatic rings. The first-order chi connectivity index (χ1) is 9.67. The van der Waals surface area contributed by atoms with Gasteiger partial charge in [0.2, 0.25) is 0 Å². The molecule has 1 rings (SSSR count). The zero-order valence-corrected chi connectivity index (χ0v) is 14.1. The Bertz CT molecular complexity index is 433. The maximum absolute atomic E-state index is 11.8. The summed E-state index contributed by atoms with van der Waals surface area (Å²) in [5.41, 5.74) is 0.334. The molecule has 0 saturated heterocycles. The van der Waals surface area contributed by atoms with Gasteiger partial charge in [-0.1, -0.05) is 4.49 Å². The predicted octanol–water partition coefficient (Wildman–Crippen LogP) is 1.20. The average molecular weight is 316 g/mol. The number of ether oxygens (including phenoxy) is 1. The zero-order chi connectivity index (χ0) is 16.0. The highest BCUT2D eigenvalue weighted by Crippen LogP contribution is 2.09. The Labute approximate surface area is 129 Å². The van der Waals surface area contributed by atoms with Crippen LogP contribution in [-0.4, -0.2) is 69.5 Å². The van der Waals surface area contributed by atoms with E-state index in [9.17, 15) is 9.90 Å². The van der Waals surface area contributed by atoms with E-state index in [4.69, 9.17) is 4.74 Å². The molecule has 0 aliphatic carbocycles. The molecule has 1 heterocycles. The number of nitrogens with zero attached hydrogens (tertiary/aromatic N) is 4. The summed E-state index contributed by atoms with van der Waals surface area (Å²) in [5.74, 6) is 0. The molecule has 8 heteroatoms. The molecule has 1 N–H and O–H groups in total. The Kier molecular flexibility index (Phi) is 6.50. The Hall–Kier alpha value is -1.25. The van der Waals surface area contributed by atoms with Crippen LogP contribution in [0.25, 0.3) is 0 Å². The second-order valence-corrected chi connectivity index (χ2v) is 6.72. The van der Waals surface area contributed by atoms with E-state index in [1.54, 1.807) is 7.05 Å². The quantitative estimate of drug-likeness (QED) is 0.849. The minimum atomic E-state index is -0.654. The fraction of sp³-hybridized carbons (Fsp3) is 0.769. The Morgan fingerprint density at radius 3 is 2.62 bits per heavy atom. The van der Waals surface area contributed by atoms with E-state index in [0.29, 0.717) is 13.1 Å². The molecule has 0 fully saturated rings. The molecule has 120 valence electrons. The number of rotatable bonds is 6. The lowest BCUT2D eigenvalue weighted by Crippen LogP contribution is -2.42. The summed E-state index contributed by atoms with van der Waals surface area (Å²) in [6.07, 6.45) is -1.09. The largest absolute Gasteiger partial charge is 0.444 e. The Balaban J connectivity index is 2.35. The summed E-state index contributed by atoms with van der Waals surface area (Å²) in [4.78, 5) is 15.1. The van der Waals surface area contributed by atoms with E-state index in [0.717, 1.165) is 5.69 Å². The van der Waals surface area contributed by atoms with Crippen LogP contribution in [0.4, 0.5) is 4.79 Å². The number of likely N-dealkylation sites (N-methyl/N-ethyl adjacent to an activating group) is 2. The van der Waals surface area contributed by atoms with E-state index in [-0.39, 0.29) is 6.54 Å². The third-order valence-electron chi connectivity index (χ3n) is 2.55. The van der Waals surface area contributed by atoms with Gasteiger partial charge in [-0.2, -0.15) is 0 Å². The highest BCUT2D eigenvalue weighted by molar-refractivity contribution is 7.03. The van der Waals surface area contributed by atoms with Crippen molar-refractivity contribution >= 4 is 17.6 Å². The lowest BCUT2D eigenvalue weighted by molar-refractivity contribution is 0.0173. The molecule has 7 nitrogen and oxygen atoms in total. The maximum Gasteiger partial charge on any atom is 0.410 e. The molecular weight excluding hydrogens is 292 g/mol. The zero-order valence-electron chi connectivity index (χ0n) is 13.2. The fourth-order valence-electron chi connectivity index (χ4n) is 1.74. The van der Waals surface area contributed by atoms with Crippen LogP contribution in [0.15, 0.2) is 5.38 Å². The monoisotopic (exact) mass is 316 g/mol. The van der Waals surface area contributed by atoms with Crippen LogP contribution >= 0.6 is 11.5 Å². The van der Waals surface area contributed by atoms with Gasteiger partial charge in [-0.25, -0.2) is 4.79 Å². The van der Waals surface area contributed by atoms with Crippen LogP contribution in [0.5, 0.6) is 0 Å². The van der Waals surface area contributed by atoms with Crippen molar-refractivity contribution in [3.63, 3.8) is 0 Å².